The fourth-order valence-corrected chi connectivity index (χ4v) is 2.15. The van der Waals surface area contributed by atoms with Crippen molar-refractivity contribution >= 4 is 11.6 Å². The Labute approximate surface area is 140 Å². The zero-order valence-electron chi connectivity index (χ0n) is 13.0. The number of hydrogen-bond donors (Lipinski definition) is 2. The monoisotopic (exact) mass is 358 g/mol. The zero-order chi connectivity index (χ0) is 18.4. The summed E-state index contributed by atoms with van der Waals surface area (Å²) in [5.41, 5.74) is -0.258. The number of amides is 1. The summed E-state index contributed by atoms with van der Waals surface area (Å²) in [6, 6.07) is 7.57. The lowest BCUT2D eigenvalue weighted by molar-refractivity contribution is -0.137. The predicted octanol–water partition coefficient (Wildman–Crippen LogP) is 3.75. The van der Waals surface area contributed by atoms with E-state index < -0.39 is 29.3 Å². The molecule has 3 nitrogen and oxygen atoms in total. The minimum absolute atomic E-state index is 0.145. The summed E-state index contributed by atoms with van der Waals surface area (Å²) in [6.07, 6.45) is -4.23. The third-order valence-electron chi connectivity index (χ3n) is 3.30. The number of rotatable bonds is 6. The highest BCUT2D eigenvalue weighted by Gasteiger charge is 2.30. The number of carbonyl (C=O) groups excluding carboxylic acids is 1. The summed E-state index contributed by atoms with van der Waals surface area (Å²) in [5.74, 6) is -1.85. The third kappa shape index (κ3) is 6.06. The zero-order valence-corrected chi connectivity index (χ0v) is 13.0. The molecule has 0 aliphatic heterocycles. The quantitative estimate of drug-likeness (QED) is 0.772. The number of benzene rings is 2. The first-order valence-corrected chi connectivity index (χ1v) is 7.37. The largest absolute Gasteiger partial charge is 0.416 e. The van der Waals surface area contributed by atoms with E-state index in [-0.39, 0.29) is 25.2 Å². The maximum absolute atomic E-state index is 13.0. The normalized spacial score (nSPS) is 11.2. The number of hydrogen-bond acceptors (Lipinski definition) is 2. The van der Waals surface area contributed by atoms with Gasteiger partial charge in [-0.05, 0) is 42.3 Å². The molecule has 0 heterocycles. The lowest BCUT2D eigenvalue weighted by Crippen LogP contribution is -2.31. The highest BCUT2D eigenvalue weighted by molar-refractivity contribution is 5.80. The maximum atomic E-state index is 13.0. The second-order valence-corrected chi connectivity index (χ2v) is 5.31. The van der Waals surface area contributed by atoms with Gasteiger partial charge in [-0.2, -0.15) is 13.2 Å². The molecule has 0 fully saturated rings. The first-order valence-electron chi connectivity index (χ1n) is 7.37. The number of alkyl halides is 3. The molecule has 0 unspecified atom stereocenters. The van der Waals surface area contributed by atoms with Crippen molar-refractivity contribution in [2.75, 3.05) is 18.4 Å². The maximum Gasteiger partial charge on any atom is 0.416 e. The summed E-state index contributed by atoms with van der Waals surface area (Å²) in [6.45, 7) is -0.0786. The molecule has 0 radical (unpaired) electrons. The SMILES string of the molecule is O=C(CNc1cccc(C(F)(F)F)c1)NCCc1cc(F)cc(F)c1. The molecule has 0 saturated heterocycles. The van der Waals surface area contributed by atoms with Gasteiger partial charge in [0.15, 0.2) is 0 Å². The second kappa shape index (κ2) is 7.96. The molecule has 2 aromatic rings. The third-order valence-corrected chi connectivity index (χ3v) is 3.30. The van der Waals surface area contributed by atoms with Gasteiger partial charge in [0.25, 0.3) is 0 Å². The van der Waals surface area contributed by atoms with E-state index in [0.717, 1.165) is 30.3 Å². The minimum Gasteiger partial charge on any atom is -0.376 e. The Balaban J connectivity index is 1.79. The van der Waals surface area contributed by atoms with Gasteiger partial charge in [-0.25, -0.2) is 8.78 Å². The van der Waals surface area contributed by atoms with Gasteiger partial charge in [0.1, 0.15) is 11.6 Å². The van der Waals surface area contributed by atoms with Gasteiger partial charge < -0.3 is 10.6 Å². The van der Waals surface area contributed by atoms with Crippen LogP contribution in [0.25, 0.3) is 0 Å². The topological polar surface area (TPSA) is 41.1 Å². The van der Waals surface area contributed by atoms with Crippen molar-refractivity contribution in [1.29, 1.82) is 0 Å². The molecule has 2 N–H and O–H groups in total. The Morgan fingerprint density at radius 3 is 2.32 bits per heavy atom. The van der Waals surface area contributed by atoms with E-state index in [0.29, 0.717) is 5.56 Å². The van der Waals surface area contributed by atoms with Crippen LogP contribution in [0.15, 0.2) is 42.5 Å². The summed E-state index contributed by atoms with van der Waals surface area (Å²) in [4.78, 5) is 11.7. The van der Waals surface area contributed by atoms with Crippen LogP contribution in [0.3, 0.4) is 0 Å². The van der Waals surface area contributed by atoms with Gasteiger partial charge in [0.2, 0.25) is 5.91 Å². The Hall–Kier alpha value is -2.64. The van der Waals surface area contributed by atoms with E-state index in [2.05, 4.69) is 10.6 Å². The minimum atomic E-state index is -4.46. The average molecular weight is 358 g/mol. The highest BCUT2D eigenvalue weighted by Crippen LogP contribution is 2.30. The molecule has 0 aromatic heterocycles. The average Bonchev–Trinajstić information content (AvgIpc) is 2.51. The summed E-state index contributed by atoms with van der Waals surface area (Å²) >= 11 is 0. The van der Waals surface area contributed by atoms with Crippen molar-refractivity contribution in [3.05, 3.63) is 65.2 Å². The van der Waals surface area contributed by atoms with E-state index in [1.54, 1.807) is 0 Å². The molecule has 0 bridgehead atoms. The van der Waals surface area contributed by atoms with Crippen LogP contribution in [0, 0.1) is 11.6 Å². The second-order valence-electron chi connectivity index (χ2n) is 5.31. The predicted molar refractivity (Wildman–Crippen MR) is 83.0 cm³/mol. The number of halogens is 5. The molecular formula is C17H15F5N2O. The van der Waals surface area contributed by atoms with Crippen molar-refractivity contribution in [2.45, 2.75) is 12.6 Å². The van der Waals surface area contributed by atoms with Gasteiger partial charge >= 0.3 is 6.18 Å². The summed E-state index contributed by atoms with van der Waals surface area (Å²) in [5, 5.41) is 5.11. The van der Waals surface area contributed by atoms with Crippen LogP contribution in [0.4, 0.5) is 27.6 Å². The van der Waals surface area contributed by atoms with Crippen molar-refractivity contribution in [1.82, 2.24) is 5.32 Å². The van der Waals surface area contributed by atoms with Crippen LogP contribution in [0.1, 0.15) is 11.1 Å². The Morgan fingerprint density at radius 1 is 1.00 bits per heavy atom. The van der Waals surface area contributed by atoms with E-state index >= 15 is 0 Å². The smallest absolute Gasteiger partial charge is 0.376 e. The molecular weight excluding hydrogens is 343 g/mol. The Morgan fingerprint density at radius 2 is 1.68 bits per heavy atom. The Bertz CT molecular complexity index is 726. The van der Waals surface area contributed by atoms with Crippen LogP contribution in [0.2, 0.25) is 0 Å². The van der Waals surface area contributed by atoms with Crippen molar-refractivity contribution < 1.29 is 26.7 Å². The molecule has 0 spiro atoms. The van der Waals surface area contributed by atoms with Crippen LogP contribution in [-0.4, -0.2) is 19.0 Å². The van der Waals surface area contributed by atoms with Gasteiger partial charge in [0, 0.05) is 18.3 Å². The molecule has 2 rings (SSSR count). The molecule has 134 valence electrons. The van der Waals surface area contributed by atoms with E-state index in [1.807, 2.05) is 0 Å². The van der Waals surface area contributed by atoms with Gasteiger partial charge in [-0.1, -0.05) is 6.07 Å². The summed E-state index contributed by atoms with van der Waals surface area (Å²) < 4.78 is 63.8. The summed E-state index contributed by atoms with van der Waals surface area (Å²) in [7, 11) is 0. The van der Waals surface area contributed by atoms with Gasteiger partial charge in [-0.15, -0.1) is 0 Å². The standard InChI is InChI=1S/C17H15F5N2O/c18-13-6-11(7-14(19)9-13)4-5-23-16(25)10-24-15-3-1-2-12(8-15)17(20,21)22/h1-3,6-9,24H,4-5,10H2,(H,23,25). The fraction of sp³-hybridized carbons (Fsp3) is 0.235. The molecule has 0 saturated carbocycles. The lowest BCUT2D eigenvalue weighted by Gasteiger charge is -2.11. The van der Waals surface area contributed by atoms with Crippen LogP contribution in [-0.2, 0) is 17.4 Å². The van der Waals surface area contributed by atoms with E-state index in [4.69, 9.17) is 0 Å². The number of carbonyl (C=O) groups is 1. The Kier molecular flexibility index (Phi) is 5.95. The van der Waals surface area contributed by atoms with Crippen LogP contribution >= 0.6 is 0 Å². The first-order chi connectivity index (χ1) is 11.7. The lowest BCUT2D eigenvalue weighted by atomic mass is 10.1. The number of anilines is 1. The number of nitrogens with one attached hydrogen (secondary N) is 2. The molecule has 8 heteroatoms. The molecule has 25 heavy (non-hydrogen) atoms. The van der Waals surface area contributed by atoms with Gasteiger partial charge in [-0.3, -0.25) is 4.79 Å². The van der Waals surface area contributed by atoms with E-state index in [1.165, 1.54) is 12.1 Å². The molecule has 2 aromatic carbocycles. The van der Waals surface area contributed by atoms with Crippen molar-refractivity contribution in [2.24, 2.45) is 0 Å². The highest BCUT2D eigenvalue weighted by atomic mass is 19.4. The van der Waals surface area contributed by atoms with E-state index in [9.17, 15) is 26.7 Å². The molecule has 1 amide bonds. The molecule has 0 atom stereocenters. The van der Waals surface area contributed by atoms with Crippen molar-refractivity contribution in [3.63, 3.8) is 0 Å². The van der Waals surface area contributed by atoms with Crippen LogP contribution < -0.4 is 10.6 Å². The fourth-order valence-electron chi connectivity index (χ4n) is 2.15. The van der Waals surface area contributed by atoms with Crippen molar-refractivity contribution in [3.8, 4) is 0 Å². The van der Waals surface area contributed by atoms with Gasteiger partial charge in [0.05, 0.1) is 12.1 Å². The van der Waals surface area contributed by atoms with Crippen LogP contribution in [0.5, 0.6) is 0 Å². The molecule has 0 aliphatic rings. The first kappa shape index (κ1) is 18.7. The molecule has 0 aliphatic carbocycles.